The summed E-state index contributed by atoms with van der Waals surface area (Å²) in [5.41, 5.74) is 0. The molecule has 1 heterocycles. The van der Waals surface area contributed by atoms with Crippen molar-refractivity contribution in [3.8, 4) is 0 Å². The summed E-state index contributed by atoms with van der Waals surface area (Å²) in [7, 11) is 0. The molecule has 0 saturated carbocycles. The Morgan fingerprint density at radius 2 is 2.50 bits per heavy atom. The van der Waals surface area contributed by atoms with Gasteiger partial charge in [0.15, 0.2) is 5.82 Å². The topological polar surface area (TPSA) is 56.0 Å². The minimum Gasteiger partial charge on any atom is -0.331 e. The fraction of sp³-hybridized carbons (Fsp3) is 0.250. The van der Waals surface area contributed by atoms with E-state index in [0.717, 1.165) is 0 Å². The number of aryl methyl sites for hydroxylation is 1. The molecule has 0 aliphatic carbocycles. The van der Waals surface area contributed by atoms with Gasteiger partial charge in [0.1, 0.15) is 0 Å². The SMILES string of the molecule is Cc1noc(C=O)n1. The van der Waals surface area contributed by atoms with Crippen molar-refractivity contribution in [1.29, 1.82) is 0 Å². The van der Waals surface area contributed by atoms with Gasteiger partial charge in [-0.1, -0.05) is 5.16 Å². The van der Waals surface area contributed by atoms with Crippen LogP contribution in [0.25, 0.3) is 0 Å². The lowest BCUT2D eigenvalue weighted by Gasteiger charge is -1.64. The van der Waals surface area contributed by atoms with E-state index in [1.54, 1.807) is 6.92 Å². The Balaban J connectivity index is 3.00. The Morgan fingerprint density at radius 3 is 2.75 bits per heavy atom. The Morgan fingerprint density at radius 1 is 1.75 bits per heavy atom. The first-order chi connectivity index (χ1) is 3.83. The van der Waals surface area contributed by atoms with Crippen LogP contribution in [0, 0.1) is 6.92 Å². The summed E-state index contributed by atoms with van der Waals surface area (Å²) in [5.74, 6) is 0.509. The molecule has 0 aliphatic rings. The van der Waals surface area contributed by atoms with E-state index in [1.807, 2.05) is 0 Å². The minimum atomic E-state index is 0.0301. The Bertz CT molecular complexity index is 194. The Hall–Kier alpha value is -1.19. The highest BCUT2D eigenvalue weighted by Crippen LogP contribution is 1.88. The van der Waals surface area contributed by atoms with E-state index in [1.165, 1.54) is 0 Å². The third-order valence-corrected chi connectivity index (χ3v) is 0.644. The fourth-order valence-electron chi connectivity index (χ4n) is 0.361. The van der Waals surface area contributed by atoms with Gasteiger partial charge in [0.25, 0.3) is 5.89 Å². The van der Waals surface area contributed by atoms with Crippen molar-refractivity contribution in [3.63, 3.8) is 0 Å². The van der Waals surface area contributed by atoms with Crippen molar-refractivity contribution in [2.45, 2.75) is 6.92 Å². The smallest absolute Gasteiger partial charge is 0.290 e. The number of hydrogen-bond acceptors (Lipinski definition) is 4. The minimum absolute atomic E-state index is 0.0301. The molecule has 1 aromatic rings. The van der Waals surface area contributed by atoms with Gasteiger partial charge in [-0.2, -0.15) is 4.98 Å². The maximum atomic E-state index is 9.82. The summed E-state index contributed by atoms with van der Waals surface area (Å²) in [6.07, 6.45) is 0.514. The zero-order valence-electron chi connectivity index (χ0n) is 4.29. The average molecular weight is 112 g/mol. The quantitative estimate of drug-likeness (QED) is 0.486. The van der Waals surface area contributed by atoms with Crippen molar-refractivity contribution < 1.29 is 9.32 Å². The molecule has 1 rings (SSSR count). The third-order valence-electron chi connectivity index (χ3n) is 0.644. The molecule has 0 spiro atoms. The summed E-state index contributed by atoms with van der Waals surface area (Å²) in [4.78, 5) is 13.4. The van der Waals surface area contributed by atoms with Crippen molar-refractivity contribution >= 4 is 6.29 Å². The van der Waals surface area contributed by atoms with Gasteiger partial charge in [-0.05, 0) is 6.92 Å². The molecule has 4 heteroatoms. The second-order valence-corrected chi connectivity index (χ2v) is 1.30. The van der Waals surface area contributed by atoms with E-state index in [4.69, 9.17) is 0 Å². The largest absolute Gasteiger partial charge is 0.331 e. The lowest BCUT2D eigenvalue weighted by atomic mass is 10.7. The number of aldehydes is 1. The number of aromatic nitrogens is 2. The number of nitrogens with zero attached hydrogens (tertiary/aromatic N) is 2. The zero-order valence-corrected chi connectivity index (χ0v) is 4.29. The molecule has 0 fully saturated rings. The Kier molecular flexibility index (Phi) is 1.07. The van der Waals surface area contributed by atoms with Crippen LogP contribution < -0.4 is 0 Å². The molecule has 0 bridgehead atoms. The second kappa shape index (κ2) is 1.73. The van der Waals surface area contributed by atoms with E-state index < -0.39 is 0 Å². The average Bonchev–Trinajstić information content (AvgIpc) is 2.14. The monoisotopic (exact) mass is 112 g/mol. The number of carbonyl (C=O) groups excluding carboxylic acids is 1. The molecular formula is C4H4N2O2. The molecule has 1 aromatic heterocycles. The van der Waals surface area contributed by atoms with Crippen LogP contribution in [0.5, 0.6) is 0 Å². The third kappa shape index (κ3) is 0.726. The van der Waals surface area contributed by atoms with Gasteiger partial charge in [0.2, 0.25) is 6.29 Å². The van der Waals surface area contributed by atoms with E-state index in [2.05, 4.69) is 14.7 Å². The van der Waals surface area contributed by atoms with Gasteiger partial charge in [0, 0.05) is 0 Å². The molecule has 8 heavy (non-hydrogen) atoms. The van der Waals surface area contributed by atoms with Crippen LogP contribution in [-0.2, 0) is 0 Å². The van der Waals surface area contributed by atoms with Crippen molar-refractivity contribution in [1.82, 2.24) is 10.1 Å². The fourth-order valence-corrected chi connectivity index (χ4v) is 0.361. The standard InChI is InChI=1S/C4H4N2O2/c1-3-5-4(2-7)8-6-3/h2H,1H3. The van der Waals surface area contributed by atoms with E-state index in [9.17, 15) is 4.79 Å². The number of rotatable bonds is 1. The predicted molar refractivity (Wildman–Crippen MR) is 24.4 cm³/mol. The highest BCUT2D eigenvalue weighted by Gasteiger charge is 1.96. The molecule has 0 aromatic carbocycles. The normalized spacial score (nSPS) is 9.12. The summed E-state index contributed by atoms with van der Waals surface area (Å²) in [5, 5.41) is 3.37. The van der Waals surface area contributed by atoms with Crippen molar-refractivity contribution in [2.24, 2.45) is 0 Å². The van der Waals surface area contributed by atoms with Gasteiger partial charge in [-0.15, -0.1) is 0 Å². The van der Waals surface area contributed by atoms with E-state index in [0.29, 0.717) is 12.1 Å². The first-order valence-electron chi connectivity index (χ1n) is 2.08. The summed E-state index contributed by atoms with van der Waals surface area (Å²) in [6.45, 7) is 1.65. The van der Waals surface area contributed by atoms with Crippen LogP contribution in [0.4, 0.5) is 0 Å². The summed E-state index contributed by atoms with van der Waals surface area (Å²) >= 11 is 0. The van der Waals surface area contributed by atoms with Crippen LogP contribution in [-0.4, -0.2) is 16.4 Å². The lowest BCUT2D eigenvalue weighted by Crippen LogP contribution is -1.76. The first kappa shape index (κ1) is 4.96. The maximum Gasteiger partial charge on any atom is 0.290 e. The van der Waals surface area contributed by atoms with Crippen LogP contribution >= 0.6 is 0 Å². The van der Waals surface area contributed by atoms with Crippen molar-refractivity contribution in [3.05, 3.63) is 11.7 Å². The van der Waals surface area contributed by atoms with Crippen LogP contribution in [0.2, 0.25) is 0 Å². The number of hydrogen-bond donors (Lipinski definition) is 0. The summed E-state index contributed by atoms with van der Waals surface area (Å²) < 4.78 is 4.38. The molecule has 0 amide bonds. The lowest BCUT2D eigenvalue weighted by molar-refractivity contribution is 0.108. The van der Waals surface area contributed by atoms with Crippen LogP contribution in [0.1, 0.15) is 16.5 Å². The molecule has 0 atom stereocenters. The van der Waals surface area contributed by atoms with Gasteiger partial charge >= 0.3 is 0 Å². The van der Waals surface area contributed by atoms with Gasteiger partial charge in [0.05, 0.1) is 0 Å². The van der Waals surface area contributed by atoms with Crippen LogP contribution in [0.3, 0.4) is 0 Å². The molecule has 0 aliphatic heterocycles. The Labute approximate surface area is 45.5 Å². The summed E-state index contributed by atoms with van der Waals surface area (Å²) in [6, 6.07) is 0. The van der Waals surface area contributed by atoms with Crippen molar-refractivity contribution in [2.75, 3.05) is 0 Å². The molecule has 0 unspecified atom stereocenters. The van der Waals surface area contributed by atoms with Gasteiger partial charge in [-0.25, -0.2) is 0 Å². The highest BCUT2D eigenvalue weighted by atomic mass is 16.5. The predicted octanol–water partition coefficient (Wildman–Crippen LogP) is 0.191. The van der Waals surface area contributed by atoms with E-state index >= 15 is 0 Å². The second-order valence-electron chi connectivity index (χ2n) is 1.30. The zero-order chi connectivity index (χ0) is 5.98. The van der Waals surface area contributed by atoms with Crippen LogP contribution in [0.15, 0.2) is 4.52 Å². The first-order valence-corrected chi connectivity index (χ1v) is 2.08. The molecule has 0 radical (unpaired) electrons. The number of carbonyl (C=O) groups is 1. The molecular weight excluding hydrogens is 108 g/mol. The van der Waals surface area contributed by atoms with Gasteiger partial charge < -0.3 is 4.52 Å². The highest BCUT2D eigenvalue weighted by molar-refractivity contribution is 5.66. The molecule has 0 N–H and O–H groups in total. The maximum absolute atomic E-state index is 9.82. The van der Waals surface area contributed by atoms with E-state index in [-0.39, 0.29) is 5.89 Å². The van der Waals surface area contributed by atoms with Gasteiger partial charge in [-0.3, -0.25) is 4.79 Å². The molecule has 42 valence electrons. The molecule has 4 nitrogen and oxygen atoms in total. The molecule has 0 saturated heterocycles.